The largest absolute Gasteiger partial charge is 0.508 e. The molecule has 0 heterocycles. The lowest BCUT2D eigenvalue weighted by Gasteiger charge is -2.15. The van der Waals surface area contributed by atoms with Gasteiger partial charge in [-0.05, 0) is 36.2 Å². The topological polar surface area (TPSA) is 32.3 Å². The molecule has 1 unspecified atom stereocenters. The first kappa shape index (κ1) is 12.9. The van der Waals surface area contributed by atoms with E-state index in [9.17, 15) is 5.11 Å². The van der Waals surface area contributed by atoms with Gasteiger partial charge in [0.1, 0.15) is 5.75 Å². The number of hydrogen-bond donors (Lipinski definition) is 2. The third kappa shape index (κ3) is 3.25. The summed E-state index contributed by atoms with van der Waals surface area (Å²) in [6, 6.07) is 15.2. The molecule has 2 rings (SSSR count). The van der Waals surface area contributed by atoms with Crippen molar-refractivity contribution in [1.29, 1.82) is 0 Å². The Morgan fingerprint density at radius 3 is 2.44 bits per heavy atom. The maximum Gasteiger partial charge on any atom is 0.115 e. The van der Waals surface area contributed by atoms with Gasteiger partial charge in [0.25, 0.3) is 0 Å². The first-order chi connectivity index (χ1) is 8.66. The molecule has 0 aromatic heterocycles. The average Bonchev–Trinajstić information content (AvgIpc) is 2.38. The maximum atomic E-state index is 9.24. The third-order valence-corrected chi connectivity index (χ3v) is 3.32. The van der Waals surface area contributed by atoms with Gasteiger partial charge in [-0.25, -0.2) is 0 Å². The van der Waals surface area contributed by atoms with Crippen LogP contribution in [0.25, 0.3) is 0 Å². The van der Waals surface area contributed by atoms with Crippen LogP contribution in [0, 0.1) is 0 Å². The summed E-state index contributed by atoms with van der Waals surface area (Å²) in [5.41, 5.74) is 2.23. The Labute approximate surface area is 112 Å². The fraction of sp³-hybridized carbons (Fsp3) is 0.200. The lowest BCUT2D eigenvalue weighted by Crippen LogP contribution is -2.18. The number of rotatable bonds is 4. The number of aromatic hydroxyl groups is 1. The molecule has 3 heteroatoms. The highest BCUT2D eigenvalue weighted by Gasteiger charge is 2.06. The summed E-state index contributed by atoms with van der Waals surface area (Å²) in [4.78, 5) is 0. The molecule has 0 radical (unpaired) electrons. The van der Waals surface area contributed by atoms with Crippen molar-refractivity contribution in [3.05, 3.63) is 64.7 Å². The molecule has 0 aliphatic carbocycles. The zero-order valence-electron chi connectivity index (χ0n) is 10.2. The molecule has 0 bridgehead atoms. The molecule has 1 atom stereocenters. The molecule has 2 nitrogen and oxygen atoms in total. The Morgan fingerprint density at radius 1 is 1.11 bits per heavy atom. The third-order valence-electron chi connectivity index (χ3n) is 2.95. The zero-order chi connectivity index (χ0) is 13.0. The van der Waals surface area contributed by atoms with Crippen LogP contribution in [0.2, 0.25) is 5.02 Å². The van der Waals surface area contributed by atoms with Gasteiger partial charge in [0.15, 0.2) is 0 Å². The molecule has 0 amide bonds. The van der Waals surface area contributed by atoms with Gasteiger partial charge in [-0.2, -0.15) is 0 Å². The summed E-state index contributed by atoms with van der Waals surface area (Å²) < 4.78 is 0. The van der Waals surface area contributed by atoms with E-state index in [0.29, 0.717) is 0 Å². The number of hydrogen-bond acceptors (Lipinski definition) is 2. The zero-order valence-corrected chi connectivity index (χ0v) is 11.0. The summed E-state index contributed by atoms with van der Waals surface area (Å²) in [7, 11) is 0. The van der Waals surface area contributed by atoms with E-state index in [1.54, 1.807) is 12.1 Å². The van der Waals surface area contributed by atoms with E-state index in [4.69, 9.17) is 11.6 Å². The molecule has 0 saturated heterocycles. The quantitative estimate of drug-likeness (QED) is 0.875. The predicted octanol–water partition coefficient (Wildman–Crippen LogP) is 3.90. The van der Waals surface area contributed by atoms with Gasteiger partial charge in [-0.1, -0.05) is 41.9 Å². The Kier molecular flexibility index (Phi) is 4.24. The van der Waals surface area contributed by atoms with Crippen molar-refractivity contribution in [2.75, 3.05) is 0 Å². The van der Waals surface area contributed by atoms with Crippen molar-refractivity contribution < 1.29 is 5.11 Å². The van der Waals surface area contributed by atoms with Crippen molar-refractivity contribution in [2.45, 2.75) is 19.5 Å². The highest BCUT2D eigenvalue weighted by Crippen LogP contribution is 2.19. The average molecular weight is 262 g/mol. The monoisotopic (exact) mass is 261 g/mol. The van der Waals surface area contributed by atoms with E-state index >= 15 is 0 Å². The molecule has 0 aliphatic heterocycles. The van der Waals surface area contributed by atoms with Crippen LogP contribution in [0.1, 0.15) is 24.1 Å². The van der Waals surface area contributed by atoms with Crippen LogP contribution in [0.15, 0.2) is 48.5 Å². The second-order valence-corrected chi connectivity index (χ2v) is 4.69. The summed E-state index contributed by atoms with van der Waals surface area (Å²) in [6.07, 6.45) is 0. The Hall–Kier alpha value is -1.51. The standard InChI is InChI=1S/C15H16ClNO/c1-11(12-6-8-14(18)9-7-12)17-10-13-4-2-3-5-15(13)16/h2-9,11,17-18H,10H2,1H3. The minimum atomic E-state index is 0.210. The molecule has 2 aromatic rings. The smallest absolute Gasteiger partial charge is 0.115 e. The van der Waals surface area contributed by atoms with E-state index in [1.807, 2.05) is 36.4 Å². The van der Waals surface area contributed by atoms with E-state index < -0.39 is 0 Å². The molecule has 0 fully saturated rings. The van der Waals surface area contributed by atoms with Crippen molar-refractivity contribution in [3.63, 3.8) is 0 Å². The van der Waals surface area contributed by atoms with Gasteiger partial charge in [0.2, 0.25) is 0 Å². The molecule has 18 heavy (non-hydrogen) atoms. The van der Waals surface area contributed by atoms with Crippen LogP contribution < -0.4 is 5.32 Å². The van der Waals surface area contributed by atoms with Crippen LogP contribution in [-0.2, 0) is 6.54 Å². The normalized spacial score (nSPS) is 12.3. The molecule has 2 N–H and O–H groups in total. The second kappa shape index (κ2) is 5.89. The van der Waals surface area contributed by atoms with E-state index in [2.05, 4.69) is 12.2 Å². The summed E-state index contributed by atoms with van der Waals surface area (Å²) in [5, 5.41) is 13.4. The molecule has 94 valence electrons. The van der Waals surface area contributed by atoms with Gasteiger partial charge >= 0.3 is 0 Å². The SMILES string of the molecule is CC(NCc1ccccc1Cl)c1ccc(O)cc1. The van der Waals surface area contributed by atoms with E-state index in [-0.39, 0.29) is 11.8 Å². The Morgan fingerprint density at radius 2 is 1.78 bits per heavy atom. The van der Waals surface area contributed by atoms with Crippen molar-refractivity contribution in [1.82, 2.24) is 5.32 Å². The van der Waals surface area contributed by atoms with Crippen LogP contribution in [-0.4, -0.2) is 5.11 Å². The van der Waals surface area contributed by atoms with Crippen molar-refractivity contribution >= 4 is 11.6 Å². The number of phenolic OH excluding ortho intramolecular Hbond substituents is 1. The minimum absolute atomic E-state index is 0.210. The fourth-order valence-corrected chi connectivity index (χ4v) is 1.99. The van der Waals surface area contributed by atoms with Crippen LogP contribution in [0.3, 0.4) is 0 Å². The van der Waals surface area contributed by atoms with Gasteiger partial charge in [0.05, 0.1) is 0 Å². The van der Waals surface area contributed by atoms with Crippen LogP contribution >= 0.6 is 11.6 Å². The molecule has 2 aromatic carbocycles. The first-order valence-corrected chi connectivity index (χ1v) is 6.30. The summed E-state index contributed by atoms with van der Waals surface area (Å²) in [6.45, 7) is 2.81. The van der Waals surface area contributed by atoms with Crippen LogP contribution in [0.4, 0.5) is 0 Å². The minimum Gasteiger partial charge on any atom is -0.508 e. The molecule has 0 aliphatic rings. The van der Waals surface area contributed by atoms with E-state index in [1.165, 1.54) is 0 Å². The fourth-order valence-electron chi connectivity index (χ4n) is 1.79. The molecule has 0 saturated carbocycles. The van der Waals surface area contributed by atoms with Gasteiger partial charge in [-0.3, -0.25) is 0 Å². The summed E-state index contributed by atoms with van der Waals surface area (Å²) >= 11 is 6.10. The molecule has 0 spiro atoms. The van der Waals surface area contributed by atoms with Gasteiger partial charge in [-0.15, -0.1) is 0 Å². The van der Waals surface area contributed by atoms with Gasteiger partial charge < -0.3 is 10.4 Å². The number of halogens is 1. The highest BCUT2D eigenvalue weighted by molar-refractivity contribution is 6.31. The molecular formula is C15H16ClNO. The van der Waals surface area contributed by atoms with Crippen molar-refractivity contribution in [2.24, 2.45) is 0 Å². The molecular weight excluding hydrogens is 246 g/mol. The predicted molar refractivity (Wildman–Crippen MR) is 74.8 cm³/mol. The number of benzene rings is 2. The highest BCUT2D eigenvalue weighted by atomic mass is 35.5. The number of phenols is 1. The lowest BCUT2D eigenvalue weighted by atomic mass is 10.1. The van der Waals surface area contributed by atoms with E-state index in [0.717, 1.165) is 22.7 Å². The number of nitrogens with one attached hydrogen (secondary N) is 1. The first-order valence-electron chi connectivity index (χ1n) is 5.92. The lowest BCUT2D eigenvalue weighted by molar-refractivity contribution is 0.474. The van der Waals surface area contributed by atoms with Crippen LogP contribution in [0.5, 0.6) is 5.75 Å². The maximum absolute atomic E-state index is 9.24. The Balaban J connectivity index is 1.98. The summed E-state index contributed by atoms with van der Waals surface area (Å²) in [5.74, 6) is 0.289. The Bertz CT molecular complexity index is 510. The van der Waals surface area contributed by atoms with Crippen molar-refractivity contribution in [3.8, 4) is 5.75 Å². The van der Waals surface area contributed by atoms with Gasteiger partial charge in [0, 0.05) is 17.6 Å². The second-order valence-electron chi connectivity index (χ2n) is 4.29.